The molecule has 0 aliphatic heterocycles. The van der Waals surface area contributed by atoms with Gasteiger partial charge in [-0.2, -0.15) is 0 Å². The van der Waals surface area contributed by atoms with E-state index >= 15 is 0 Å². The maximum absolute atomic E-state index is 5.99. The number of anilines is 1. The predicted molar refractivity (Wildman–Crippen MR) is 71.7 cm³/mol. The SMILES string of the molecule is CCCCCOc1cccc(OCCC)c1N. The van der Waals surface area contributed by atoms with Crippen molar-refractivity contribution in [2.75, 3.05) is 18.9 Å². The molecule has 0 unspecified atom stereocenters. The molecule has 0 aromatic heterocycles. The van der Waals surface area contributed by atoms with Gasteiger partial charge < -0.3 is 15.2 Å². The van der Waals surface area contributed by atoms with E-state index in [-0.39, 0.29) is 0 Å². The molecular weight excluding hydrogens is 214 g/mol. The van der Waals surface area contributed by atoms with Crippen molar-refractivity contribution in [3.05, 3.63) is 18.2 Å². The summed E-state index contributed by atoms with van der Waals surface area (Å²) in [5, 5.41) is 0. The second-order valence-corrected chi connectivity index (χ2v) is 4.07. The topological polar surface area (TPSA) is 44.5 Å². The Labute approximate surface area is 104 Å². The van der Waals surface area contributed by atoms with Gasteiger partial charge in [-0.05, 0) is 25.0 Å². The van der Waals surface area contributed by atoms with Crippen LogP contribution in [0.25, 0.3) is 0 Å². The minimum absolute atomic E-state index is 0.609. The van der Waals surface area contributed by atoms with Crippen LogP contribution in [-0.4, -0.2) is 13.2 Å². The van der Waals surface area contributed by atoms with Gasteiger partial charge in [-0.25, -0.2) is 0 Å². The van der Waals surface area contributed by atoms with Crippen LogP contribution in [0.3, 0.4) is 0 Å². The quantitative estimate of drug-likeness (QED) is 0.554. The van der Waals surface area contributed by atoms with Crippen LogP contribution in [0.1, 0.15) is 39.5 Å². The summed E-state index contributed by atoms with van der Waals surface area (Å²) in [6, 6.07) is 5.68. The molecule has 0 amide bonds. The van der Waals surface area contributed by atoms with Crippen LogP contribution < -0.4 is 15.2 Å². The summed E-state index contributed by atoms with van der Waals surface area (Å²) >= 11 is 0. The van der Waals surface area contributed by atoms with E-state index < -0.39 is 0 Å². The van der Waals surface area contributed by atoms with E-state index in [0.29, 0.717) is 12.3 Å². The lowest BCUT2D eigenvalue weighted by atomic mass is 10.2. The number of para-hydroxylation sites is 1. The predicted octanol–water partition coefficient (Wildman–Crippen LogP) is 3.63. The fourth-order valence-electron chi connectivity index (χ4n) is 1.52. The summed E-state index contributed by atoms with van der Waals surface area (Å²) in [6.07, 6.45) is 4.42. The van der Waals surface area contributed by atoms with Crippen molar-refractivity contribution in [3.63, 3.8) is 0 Å². The number of nitrogen functional groups attached to an aromatic ring is 1. The lowest BCUT2D eigenvalue weighted by Crippen LogP contribution is -2.03. The first kappa shape index (κ1) is 13.7. The second-order valence-electron chi connectivity index (χ2n) is 4.07. The molecule has 2 N–H and O–H groups in total. The summed E-state index contributed by atoms with van der Waals surface area (Å²) in [4.78, 5) is 0. The van der Waals surface area contributed by atoms with Gasteiger partial charge in [0.15, 0.2) is 0 Å². The van der Waals surface area contributed by atoms with Gasteiger partial charge in [0, 0.05) is 0 Å². The minimum atomic E-state index is 0.609. The maximum Gasteiger partial charge on any atom is 0.146 e. The molecule has 0 fully saturated rings. The van der Waals surface area contributed by atoms with Crippen LogP contribution >= 0.6 is 0 Å². The molecule has 0 radical (unpaired) electrons. The molecule has 0 aliphatic rings. The van der Waals surface area contributed by atoms with E-state index in [2.05, 4.69) is 13.8 Å². The van der Waals surface area contributed by atoms with E-state index in [1.165, 1.54) is 12.8 Å². The smallest absolute Gasteiger partial charge is 0.146 e. The van der Waals surface area contributed by atoms with Gasteiger partial charge in [0.05, 0.1) is 13.2 Å². The van der Waals surface area contributed by atoms with Crippen LogP contribution in [0.4, 0.5) is 5.69 Å². The lowest BCUT2D eigenvalue weighted by molar-refractivity contribution is 0.298. The van der Waals surface area contributed by atoms with Crippen molar-refractivity contribution in [1.29, 1.82) is 0 Å². The molecule has 0 atom stereocenters. The first-order valence-electron chi connectivity index (χ1n) is 6.43. The summed E-state index contributed by atoms with van der Waals surface area (Å²) in [5.41, 5.74) is 6.60. The Morgan fingerprint density at radius 3 is 2.18 bits per heavy atom. The molecule has 96 valence electrons. The third-order valence-corrected chi connectivity index (χ3v) is 2.49. The van der Waals surface area contributed by atoms with Gasteiger partial charge in [-0.1, -0.05) is 32.8 Å². The van der Waals surface area contributed by atoms with E-state index in [4.69, 9.17) is 15.2 Å². The zero-order valence-electron chi connectivity index (χ0n) is 10.9. The van der Waals surface area contributed by atoms with Crippen molar-refractivity contribution in [3.8, 4) is 11.5 Å². The Morgan fingerprint density at radius 1 is 0.941 bits per heavy atom. The molecule has 0 bridgehead atoms. The van der Waals surface area contributed by atoms with Crippen LogP contribution in [0, 0.1) is 0 Å². The largest absolute Gasteiger partial charge is 0.491 e. The Bertz CT molecular complexity index is 326. The summed E-state index contributed by atoms with van der Waals surface area (Å²) in [6.45, 7) is 5.65. The van der Waals surface area contributed by atoms with Crippen LogP contribution in [0.2, 0.25) is 0 Å². The molecule has 0 saturated carbocycles. The molecule has 1 aromatic carbocycles. The number of benzene rings is 1. The Morgan fingerprint density at radius 2 is 1.59 bits per heavy atom. The Kier molecular flexibility index (Phi) is 6.30. The van der Waals surface area contributed by atoms with Gasteiger partial charge in [0.1, 0.15) is 17.2 Å². The standard InChI is InChI=1S/C14H23NO2/c1-3-5-6-11-17-13-9-7-8-12(14(13)15)16-10-4-2/h7-9H,3-6,10-11,15H2,1-2H3. The van der Waals surface area contributed by atoms with Gasteiger partial charge in [0.2, 0.25) is 0 Å². The molecule has 1 aromatic rings. The number of unbranched alkanes of at least 4 members (excludes halogenated alkanes) is 2. The number of hydrogen-bond donors (Lipinski definition) is 1. The fraction of sp³-hybridized carbons (Fsp3) is 0.571. The number of hydrogen-bond acceptors (Lipinski definition) is 3. The lowest BCUT2D eigenvalue weighted by Gasteiger charge is -2.12. The molecule has 3 heteroatoms. The number of rotatable bonds is 8. The highest BCUT2D eigenvalue weighted by molar-refractivity contribution is 5.62. The zero-order valence-corrected chi connectivity index (χ0v) is 10.9. The van der Waals surface area contributed by atoms with Gasteiger partial charge in [-0.15, -0.1) is 0 Å². The van der Waals surface area contributed by atoms with Gasteiger partial charge in [0.25, 0.3) is 0 Å². The Hall–Kier alpha value is -1.38. The average Bonchev–Trinajstić information content (AvgIpc) is 2.35. The monoisotopic (exact) mass is 237 g/mol. The van der Waals surface area contributed by atoms with Crippen molar-refractivity contribution in [2.24, 2.45) is 0 Å². The van der Waals surface area contributed by atoms with Crippen molar-refractivity contribution in [1.82, 2.24) is 0 Å². The highest BCUT2D eigenvalue weighted by atomic mass is 16.5. The Balaban J connectivity index is 2.53. The summed E-state index contributed by atoms with van der Waals surface area (Å²) in [7, 11) is 0. The summed E-state index contributed by atoms with van der Waals surface area (Å²) in [5.74, 6) is 1.45. The van der Waals surface area contributed by atoms with Crippen LogP contribution in [0.5, 0.6) is 11.5 Å². The molecule has 0 saturated heterocycles. The second kappa shape index (κ2) is 7.82. The van der Waals surface area contributed by atoms with Gasteiger partial charge in [-0.3, -0.25) is 0 Å². The third kappa shape index (κ3) is 4.55. The molecule has 1 rings (SSSR count). The minimum Gasteiger partial charge on any atom is -0.491 e. The van der Waals surface area contributed by atoms with E-state index in [1.54, 1.807) is 0 Å². The van der Waals surface area contributed by atoms with Crippen LogP contribution in [-0.2, 0) is 0 Å². The maximum atomic E-state index is 5.99. The third-order valence-electron chi connectivity index (χ3n) is 2.49. The van der Waals surface area contributed by atoms with Crippen molar-refractivity contribution in [2.45, 2.75) is 39.5 Å². The van der Waals surface area contributed by atoms with E-state index in [1.807, 2.05) is 18.2 Å². The molecule has 17 heavy (non-hydrogen) atoms. The average molecular weight is 237 g/mol. The van der Waals surface area contributed by atoms with Crippen LogP contribution in [0.15, 0.2) is 18.2 Å². The van der Waals surface area contributed by atoms with E-state index in [9.17, 15) is 0 Å². The fourth-order valence-corrected chi connectivity index (χ4v) is 1.52. The normalized spacial score (nSPS) is 10.2. The molecule has 3 nitrogen and oxygen atoms in total. The van der Waals surface area contributed by atoms with E-state index in [0.717, 1.165) is 30.9 Å². The first-order chi connectivity index (χ1) is 8.29. The number of nitrogens with two attached hydrogens (primary N) is 1. The zero-order chi connectivity index (χ0) is 12.5. The molecule has 0 spiro atoms. The highest BCUT2D eigenvalue weighted by Gasteiger charge is 2.06. The number of ether oxygens (including phenoxy) is 2. The molecular formula is C14H23NO2. The molecule has 0 heterocycles. The summed E-state index contributed by atoms with van der Waals surface area (Å²) < 4.78 is 11.2. The van der Waals surface area contributed by atoms with Gasteiger partial charge >= 0.3 is 0 Å². The molecule has 0 aliphatic carbocycles. The van der Waals surface area contributed by atoms with Crippen molar-refractivity contribution < 1.29 is 9.47 Å². The van der Waals surface area contributed by atoms with Crippen molar-refractivity contribution >= 4 is 5.69 Å². The highest BCUT2D eigenvalue weighted by Crippen LogP contribution is 2.31. The first-order valence-corrected chi connectivity index (χ1v) is 6.43.